The summed E-state index contributed by atoms with van der Waals surface area (Å²) in [6.07, 6.45) is 0.820. The van der Waals surface area contributed by atoms with E-state index < -0.39 is 29.0 Å². The molecule has 1 atom stereocenters. The van der Waals surface area contributed by atoms with Gasteiger partial charge in [0.05, 0.1) is 5.69 Å². The maximum Gasteiger partial charge on any atom is 0.272 e. The number of nitrogens with one attached hydrogen (secondary N) is 2. The van der Waals surface area contributed by atoms with Gasteiger partial charge in [-0.15, -0.1) is 0 Å². The van der Waals surface area contributed by atoms with E-state index in [1.54, 1.807) is 0 Å². The summed E-state index contributed by atoms with van der Waals surface area (Å²) in [6.45, 7) is 7.47. The number of aromatic nitrogens is 2. The Kier molecular flexibility index (Phi) is 6.45. The van der Waals surface area contributed by atoms with E-state index in [0.717, 1.165) is 25.1 Å². The molecule has 1 aliphatic heterocycles. The lowest BCUT2D eigenvalue weighted by Gasteiger charge is -2.29. The van der Waals surface area contributed by atoms with Crippen molar-refractivity contribution in [3.05, 3.63) is 41.2 Å². The maximum atomic E-state index is 13.9. The topological polar surface area (TPSA) is 79.3 Å². The molecule has 31 heavy (non-hydrogen) atoms. The van der Waals surface area contributed by atoms with Crippen LogP contribution in [0.1, 0.15) is 43.4 Å². The maximum absolute atomic E-state index is 13.9. The zero-order valence-corrected chi connectivity index (χ0v) is 18.6. The number of rotatable bonds is 4. The van der Waals surface area contributed by atoms with Crippen LogP contribution in [0, 0.1) is 17.0 Å². The van der Waals surface area contributed by atoms with Gasteiger partial charge in [0.1, 0.15) is 11.9 Å². The largest absolute Gasteiger partial charge is 0.357 e. The van der Waals surface area contributed by atoms with Gasteiger partial charge in [0, 0.05) is 25.7 Å². The van der Waals surface area contributed by atoms with E-state index in [4.69, 9.17) is 0 Å². The number of likely N-dealkylation sites (N-methyl/N-ethyl adjacent to an activating group) is 1. The van der Waals surface area contributed by atoms with Gasteiger partial charge in [-0.2, -0.15) is 0 Å². The first-order chi connectivity index (χ1) is 14.5. The zero-order valence-electron chi connectivity index (χ0n) is 18.6. The molecule has 0 fully saturated rings. The number of nitrogens with zero attached hydrogens (tertiary/aromatic N) is 3. The van der Waals surface area contributed by atoms with E-state index in [1.165, 1.54) is 13.1 Å². The highest BCUT2D eigenvalue weighted by Crippen LogP contribution is 2.28. The van der Waals surface area contributed by atoms with Gasteiger partial charge < -0.3 is 20.1 Å². The third kappa shape index (κ3) is 4.76. The molecular formula is C22H29F2N5O2. The van der Waals surface area contributed by atoms with Crippen molar-refractivity contribution in [2.24, 2.45) is 5.41 Å². The number of fused-ring (bicyclic) bond motifs is 1. The molecule has 2 amide bonds. The van der Waals surface area contributed by atoms with Crippen LogP contribution in [-0.2, 0) is 17.9 Å². The Morgan fingerprint density at radius 2 is 1.87 bits per heavy atom. The summed E-state index contributed by atoms with van der Waals surface area (Å²) in [6, 6.07) is 2.82. The van der Waals surface area contributed by atoms with Crippen molar-refractivity contribution >= 4 is 11.8 Å². The van der Waals surface area contributed by atoms with Crippen molar-refractivity contribution in [1.29, 1.82) is 0 Å². The Morgan fingerprint density at radius 3 is 2.48 bits per heavy atom. The second-order valence-corrected chi connectivity index (χ2v) is 8.99. The zero-order chi connectivity index (χ0) is 22.9. The van der Waals surface area contributed by atoms with Gasteiger partial charge >= 0.3 is 0 Å². The lowest BCUT2D eigenvalue weighted by molar-refractivity contribution is -0.124. The molecular weight excluding hydrogens is 404 g/mol. The minimum atomic E-state index is -0.973. The van der Waals surface area contributed by atoms with Crippen molar-refractivity contribution in [3.8, 4) is 11.4 Å². The summed E-state index contributed by atoms with van der Waals surface area (Å²) >= 11 is 0. The van der Waals surface area contributed by atoms with Crippen LogP contribution in [0.2, 0.25) is 0 Å². The van der Waals surface area contributed by atoms with Gasteiger partial charge in [0.25, 0.3) is 5.91 Å². The summed E-state index contributed by atoms with van der Waals surface area (Å²) < 4.78 is 29.2. The molecule has 1 unspecified atom stereocenters. The van der Waals surface area contributed by atoms with Crippen LogP contribution in [0.5, 0.6) is 0 Å². The van der Waals surface area contributed by atoms with Gasteiger partial charge in [-0.25, -0.2) is 13.8 Å². The molecule has 3 rings (SSSR count). The van der Waals surface area contributed by atoms with Gasteiger partial charge in [0.2, 0.25) is 5.91 Å². The van der Waals surface area contributed by atoms with Crippen LogP contribution < -0.4 is 10.6 Å². The third-order valence-corrected chi connectivity index (χ3v) is 5.46. The van der Waals surface area contributed by atoms with E-state index in [2.05, 4.69) is 20.5 Å². The van der Waals surface area contributed by atoms with Gasteiger partial charge in [-0.3, -0.25) is 9.59 Å². The number of carbonyl (C=O) groups excluding carboxylic acids is 2. The molecule has 0 spiro atoms. The lowest BCUT2D eigenvalue weighted by Crippen LogP contribution is -2.53. The molecule has 1 aromatic heterocycles. The van der Waals surface area contributed by atoms with E-state index in [9.17, 15) is 18.4 Å². The fourth-order valence-electron chi connectivity index (χ4n) is 3.78. The summed E-state index contributed by atoms with van der Waals surface area (Å²) in [7, 11) is 3.47. The van der Waals surface area contributed by atoms with E-state index in [0.29, 0.717) is 30.2 Å². The minimum absolute atomic E-state index is 0.187. The molecule has 0 bridgehead atoms. The molecule has 0 radical (unpaired) electrons. The smallest absolute Gasteiger partial charge is 0.272 e. The van der Waals surface area contributed by atoms with Crippen molar-refractivity contribution in [1.82, 2.24) is 25.1 Å². The van der Waals surface area contributed by atoms with Crippen LogP contribution in [0.15, 0.2) is 18.2 Å². The molecule has 2 heterocycles. The van der Waals surface area contributed by atoms with Gasteiger partial charge in [0.15, 0.2) is 17.3 Å². The summed E-state index contributed by atoms with van der Waals surface area (Å²) in [4.78, 5) is 32.2. The Bertz CT molecular complexity index is 997. The Hall–Kier alpha value is -2.81. The van der Waals surface area contributed by atoms with Crippen molar-refractivity contribution < 1.29 is 18.4 Å². The quantitative estimate of drug-likeness (QED) is 0.777. The molecule has 7 nitrogen and oxygen atoms in total. The first-order valence-electron chi connectivity index (χ1n) is 10.3. The van der Waals surface area contributed by atoms with Crippen molar-refractivity contribution in [2.45, 2.75) is 46.3 Å². The molecule has 168 valence electrons. The molecule has 0 saturated carbocycles. The highest BCUT2D eigenvalue weighted by atomic mass is 19.2. The molecule has 0 saturated heterocycles. The van der Waals surface area contributed by atoms with Gasteiger partial charge in [-0.05, 0) is 43.6 Å². The van der Waals surface area contributed by atoms with Crippen LogP contribution in [0.3, 0.4) is 0 Å². The molecule has 2 N–H and O–H groups in total. The molecule has 1 aliphatic rings. The summed E-state index contributed by atoms with van der Waals surface area (Å²) in [5.74, 6) is -2.29. The number of imidazole rings is 1. The number of halogens is 2. The molecule has 9 heteroatoms. The summed E-state index contributed by atoms with van der Waals surface area (Å²) in [5.41, 5.74) is 0.738. The van der Waals surface area contributed by atoms with E-state index >= 15 is 0 Å². The number of hydrogen-bond acceptors (Lipinski definition) is 4. The average Bonchev–Trinajstić information content (AvgIpc) is 2.93. The average molecular weight is 434 g/mol. The van der Waals surface area contributed by atoms with Crippen LogP contribution in [0.4, 0.5) is 8.78 Å². The highest BCUT2D eigenvalue weighted by Gasteiger charge is 2.34. The predicted molar refractivity (Wildman–Crippen MR) is 113 cm³/mol. The first kappa shape index (κ1) is 22.9. The Morgan fingerprint density at radius 1 is 1.16 bits per heavy atom. The van der Waals surface area contributed by atoms with E-state index in [1.807, 2.05) is 32.4 Å². The number of amides is 2. The number of carbonyl (C=O) groups is 2. The molecule has 1 aromatic carbocycles. The third-order valence-electron chi connectivity index (χ3n) is 5.46. The van der Waals surface area contributed by atoms with Crippen molar-refractivity contribution in [3.63, 3.8) is 0 Å². The first-order valence-corrected chi connectivity index (χ1v) is 10.3. The second-order valence-electron chi connectivity index (χ2n) is 8.99. The Balaban J connectivity index is 2.07. The normalized spacial score (nSPS) is 15.7. The van der Waals surface area contributed by atoms with Crippen LogP contribution in [-0.4, -0.2) is 52.9 Å². The van der Waals surface area contributed by atoms with E-state index in [-0.39, 0.29) is 11.6 Å². The predicted octanol–water partition coefficient (Wildman–Crippen LogP) is 2.55. The number of benzene rings is 1. The lowest BCUT2D eigenvalue weighted by atomic mass is 9.86. The van der Waals surface area contributed by atoms with Crippen molar-refractivity contribution in [2.75, 3.05) is 20.6 Å². The monoisotopic (exact) mass is 433 g/mol. The van der Waals surface area contributed by atoms with Crippen LogP contribution >= 0.6 is 0 Å². The molecule has 0 aliphatic carbocycles. The Labute approximate surface area is 180 Å². The highest BCUT2D eigenvalue weighted by molar-refractivity contribution is 5.97. The van der Waals surface area contributed by atoms with Gasteiger partial charge in [-0.1, -0.05) is 20.8 Å². The van der Waals surface area contributed by atoms with Crippen LogP contribution in [0.25, 0.3) is 11.4 Å². The minimum Gasteiger partial charge on any atom is -0.357 e. The molecule has 2 aromatic rings. The SMILES string of the molecule is CNC(=O)C(NC(=O)c1nc(-c2ccc(F)c(F)c2)n2c1CN(C)CCC2)C(C)(C)C. The fraction of sp³-hybridized carbons (Fsp3) is 0.500. The number of hydrogen-bond donors (Lipinski definition) is 2. The standard InChI is InChI=1S/C22H29F2N5O2/c1-22(2,3)18(21(31)25-4)27-20(30)17-16-12-28(5)9-6-10-29(16)19(26-17)13-7-8-14(23)15(24)11-13/h7-8,11,18H,6,9-10,12H2,1-5H3,(H,25,31)(H,27,30). The fourth-order valence-corrected chi connectivity index (χ4v) is 3.78. The second kappa shape index (κ2) is 8.74. The summed E-state index contributed by atoms with van der Waals surface area (Å²) in [5, 5.41) is 5.40.